The standard InChI is InChI=1S/C30H26FN3O4S/c1-3-38-29(36)24-23(19-13-9-14-21(16-19)37-2)25-27(32-26(24)18-10-5-4-6-11-18)33-30(34-28(25)35)39-17-20-12-7-8-15-22(20)31/h4-16,23H,3,17H2,1-2H3,(H2,32,33,34,35). The van der Waals surface area contributed by atoms with E-state index in [1.165, 1.54) is 17.8 Å². The maximum absolute atomic E-state index is 14.2. The van der Waals surface area contributed by atoms with Crippen LogP contribution >= 0.6 is 11.8 Å². The van der Waals surface area contributed by atoms with Gasteiger partial charge in [0.15, 0.2) is 5.16 Å². The lowest BCUT2D eigenvalue weighted by Gasteiger charge is -2.30. The zero-order chi connectivity index (χ0) is 27.4. The van der Waals surface area contributed by atoms with Gasteiger partial charge in [0.25, 0.3) is 5.56 Å². The first-order valence-corrected chi connectivity index (χ1v) is 13.4. The molecule has 0 radical (unpaired) electrons. The van der Waals surface area contributed by atoms with Crippen LogP contribution in [0, 0.1) is 5.82 Å². The Morgan fingerprint density at radius 2 is 1.82 bits per heavy atom. The SMILES string of the molecule is CCOC(=O)C1=C(c2ccccc2)Nc2nc(SCc3ccccc3F)[nH]c(=O)c2C1c1cccc(OC)c1. The Kier molecular flexibility index (Phi) is 7.79. The second-order valence-electron chi connectivity index (χ2n) is 8.72. The van der Waals surface area contributed by atoms with Crippen molar-refractivity contribution in [2.75, 3.05) is 19.0 Å². The fraction of sp³-hybridized carbons (Fsp3) is 0.167. The van der Waals surface area contributed by atoms with Crippen LogP contribution in [-0.4, -0.2) is 29.7 Å². The number of aromatic amines is 1. The van der Waals surface area contributed by atoms with Gasteiger partial charge in [0.1, 0.15) is 17.4 Å². The van der Waals surface area contributed by atoms with Gasteiger partial charge in [0, 0.05) is 5.75 Å². The first kappa shape index (κ1) is 26.2. The molecule has 7 nitrogen and oxygen atoms in total. The predicted molar refractivity (Wildman–Crippen MR) is 149 cm³/mol. The third kappa shape index (κ3) is 5.44. The average molecular weight is 544 g/mol. The summed E-state index contributed by atoms with van der Waals surface area (Å²) in [5.74, 6) is -0.474. The maximum atomic E-state index is 14.2. The minimum absolute atomic E-state index is 0.169. The van der Waals surface area contributed by atoms with Crippen LogP contribution in [0.2, 0.25) is 0 Å². The smallest absolute Gasteiger partial charge is 0.337 e. The van der Waals surface area contributed by atoms with Gasteiger partial charge in [0.05, 0.1) is 36.5 Å². The number of benzene rings is 3. The summed E-state index contributed by atoms with van der Waals surface area (Å²) in [7, 11) is 1.56. The lowest BCUT2D eigenvalue weighted by molar-refractivity contribution is -0.138. The summed E-state index contributed by atoms with van der Waals surface area (Å²) < 4.78 is 25.1. The summed E-state index contributed by atoms with van der Waals surface area (Å²) >= 11 is 1.22. The summed E-state index contributed by atoms with van der Waals surface area (Å²) in [4.78, 5) is 34.7. The van der Waals surface area contributed by atoms with Gasteiger partial charge < -0.3 is 19.8 Å². The molecular weight excluding hydrogens is 517 g/mol. The first-order chi connectivity index (χ1) is 19.0. The number of anilines is 1. The molecule has 1 aromatic heterocycles. The number of thioether (sulfide) groups is 1. The second kappa shape index (κ2) is 11.6. The molecule has 1 aliphatic rings. The van der Waals surface area contributed by atoms with Gasteiger partial charge in [-0.1, -0.05) is 72.4 Å². The number of aromatic nitrogens is 2. The Balaban J connectivity index is 1.68. The highest BCUT2D eigenvalue weighted by Gasteiger charge is 2.38. The number of nitrogens with zero attached hydrogens (tertiary/aromatic N) is 1. The summed E-state index contributed by atoms with van der Waals surface area (Å²) in [6.07, 6.45) is 0. The quantitative estimate of drug-likeness (QED) is 0.166. The van der Waals surface area contributed by atoms with E-state index in [0.717, 1.165) is 5.56 Å². The number of methoxy groups -OCH3 is 1. The number of hydrogen-bond acceptors (Lipinski definition) is 7. The summed E-state index contributed by atoms with van der Waals surface area (Å²) in [6.45, 7) is 1.90. The highest BCUT2D eigenvalue weighted by molar-refractivity contribution is 7.98. The van der Waals surface area contributed by atoms with Crippen LogP contribution in [0.4, 0.5) is 10.2 Å². The van der Waals surface area contributed by atoms with Crippen molar-refractivity contribution >= 4 is 29.2 Å². The van der Waals surface area contributed by atoms with Crippen molar-refractivity contribution in [1.29, 1.82) is 0 Å². The average Bonchev–Trinajstić information content (AvgIpc) is 2.96. The van der Waals surface area contributed by atoms with E-state index in [-0.39, 0.29) is 23.7 Å². The van der Waals surface area contributed by atoms with E-state index in [1.807, 2.05) is 36.4 Å². The molecule has 2 N–H and O–H groups in total. The van der Waals surface area contributed by atoms with Crippen LogP contribution in [0.15, 0.2) is 94.4 Å². The molecule has 0 fully saturated rings. The molecular formula is C30H26FN3O4S. The molecule has 0 saturated heterocycles. The molecule has 9 heteroatoms. The molecule has 3 aromatic carbocycles. The normalized spacial score (nSPS) is 14.4. The van der Waals surface area contributed by atoms with E-state index in [2.05, 4.69) is 10.3 Å². The predicted octanol–water partition coefficient (Wildman–Crippen LogP) is 5.74. The lowest BCUT2D eigenvalue weighted by Crippen LogP contribution is -2.31. The van der Waals surface area contributed by atoms with E-state index in [9.17, 15) is 14.0 Å². The number of halogens is 1. The molecule has 5 rings (SSSR count). The van der Waals surface area contributed by atoms with Crippen LogP contribution in [0.1, 0.15) is 35.1 Å². The third-order valence-corrected chi connectivity index (χ3v) is 7.25. The van der Waals surface area contributed by atoms with Crippen molar-refractivity contribution in [1.82, 2.24) is 9.97 Å². The molecule has 0 spiro atoms. The van der Waals surface area contributed by atoms with Gasteiger partial charge in [-0.2, -0.15) is 0 Å². The zero-order valence-corrected chi connectivity index (χ0v) is 22.2. The Morgan fingerprint density at radius 1 is 1.05 bits per heavy atom. The molecule has 1 aliphatic heterocycles. The zero-order valence-electron chi connectivity index (χ0n) is 21.4. The second-order valence-corrected chi connectivity index (χ2v) is 9.69. The van der Waals surface area contributed by atoms with Gasteiger partial charge in [-0.25, -0.2) is 14.2 Å². The van der Waals surface area contributed by atoms with Crippen LogP contribution in [0.3, 0.4) is 0 Å². The summed E-state index contributed by atoms with van der Waals surface area (Å²) in [6, 6.07) is 23.1. The number of carbonyl (C=O) groups excluding carboxylic acids is 1. The van der Waals surface area contributed by atoms with Gasteiger partial charge >= 0.3 is 5.97 Å². The van der Waals surface area contributed by atoms with E-state index in [1.54, 1.807) is 50.4 Å². The monoisotopic (exact) mass is 543 g/mol. The molecule has 0 amide bonds. The molecule has 4 aromatic rings. The van der Waals surface area contributed by atoms with Gasteiger partial charge in [-0.05, 0) is 41.8 Å². The molecule has 1 unspecified atom stereocenters. The molecule has 1 atom stereocenters. The van der Waals surface area contributed by atoms with Crippen molar-refractivity contribution in [2.45, 2.75) is 23.8 Å². The van der Waals surface area contributed by atoms with E-state index >= 15 is 0 Å². The van der Waals surface area contributed by atoms with Crippen LogP contribution in [0.25, 0.3) is 5.70 Å². The number of fused-ring (bicyclic) bond motifs is 1. The van der Waals surface area contributed by atoms with Crippen molar-refractivity contribution in [3.8, 4) is 5.75 Å². The Hall–Kier alpha value is -4.37. The largest absolute Gasteiger partial charge is 0.497 e. The number of carbonyl (C=O) groups is 1. The lowest BCUT2D eigenvalue weighted by atomic mass is 9.81. The highest BCUT2D eigenvalue weighted by Crippen LogP contribution is 2.43. The van der Waals surface area contributed by atoms with E-state index in [4.69, 9.17) is 14.5 Å². The van der Waals surface area contributed by atoms with Crippen molar-refractivity contribution in [3.63, 3.8) is 0 Å². The van der Waals surface area contributed by atoms with E-state index in [0.29, 0.717) is 39.1 Å². The fourth-order valence-corrected chi connectivity index (χ4v) is 5.39. The van der Waals surface area contributed by atoms with E-state index < -0.39 is 17.4 Å². The summed E-state index contributed by atoms with van der Waals surface area (Å²) in [5, 5.41) is 3.58. The number of nitrogens with one attached hydrogen (secondary N) is 2. The van der Waals surface area contributed by atoms with Gasteiger partial charge in [0.2, 0.25) is 0 Å². The van der Waals surface area contributed by atoms with Crippen molar-refractivity contribution in [3.05, 3.63) is 123 Å². The first-order valence-electron chi connectivity index (χ1n) is 12.4. The molecule has 0 aliphatic carbocycles. The Bertz CT molecular complexity index is 1600. The van der Waals surface area contributed by atoms with Crippen molar-refractivity contribution in [2.24, 2.45) is 0 Å². The molecule has 0 saturated carbocycles. The van der Waals surface area contributed by atoms with Gasteiger partial charge in [-0.3, -0.25) is 4.79 Å². The number of ether oxygens (including phenoxy) is 2. The summed E-state index contributed by atoms with van der Waals surface area (Å²) in [5.41, 5.74) is 2.57. The Morgan fingerprint density at radius 3 is 2.56 bits per heavy atom. The maximum Gasteiger partial charge on any atom is 0.337 e. The molecule has 39 heavy (non-hydrogen) atoms. The van der Waals surface area contributed by atoms with Crippen LogP contribution in [-0.2, 0) is 15.3 Å². The topological polar surface area (TPSA) is 93.3 Å². The van der Waals surface area contributed by atoms with Crippen molar-refractivity contribution < 1.29 is 18.7 Å². The number of H-pyrrole nitrogens is 1. The fourth-order valence-electron chi connectivity index (χ4n) is 4.54. The molecule has 2 heterocycles. The minimum atomic E-state index is -0.785. The number of esters is 1. The van der Waals surface area contributed by atoms with Gasteiger partial charge in [-0.15, -0.1) is 0 Å². The molecule has 198 valence electrons. The number of rotatable bonds is 8. The minimum Gasteiger partial charge on any atom is -0.497 e. The molecule has 0 bridgehead atoms. The number of hydrogen-bond donors (Lipinski definition) is 2. The highest BCUT2D eigenvalue weighted by atomic mass is 32.2. The van der Waals surface area contributed by atoms with Crippen LogP contribution in [0.5, 0.6) is 5.75 Å². The third-order valence-electron chi connectivity index (χ3n) is 6.33. The van der Waals surface area contributed by atoms with Crippen LogP contribution < -0.4 is 15.6 Å². The Labute approximate surface area is 229 Å².